The molecule has 6 nitrogen and oxygen atoms in total. The van der Waals surface area contributed by atoms with Crippen molar-refractivity contribution in [1.29, 1.82) is 10.5 Å². The van der Waals surface area contributed by atoms with Crippen LogP contribution in [0, 0.1) is 22.7 Å². The molecule has 0 amide bonds. The van der Waals surface area contributed by atoms with E-state index < -0.39 is 0 Å². The van der Waals surface area contributed by atoms with Crippen LogP contribution in [0.4, 0.5) is 5.82 Å². The van der Waals surface area contributed by atoms with Crippen molar-refractivity contribution in [3.63, 3.8) is 0 Å². The van der Waals surface area contributed by atoms with Gasteiger partial charge in [-0.2, -0.15) is 15.6 Å². The molecule has 0 fully saturated rings. The predicted molar refractivity (Wildman–Crippen MR) is 98.4 cm³/mol. The highest BCUT2D eigenvalue weighted by Crippen LogP contribution is 2.27. The molecule has 3 aromatic rings. The second-order valence-electron chi connectivity index (χ2n) is 5.45. The smallest absolute Gasteiger partial charge is 0.163 e. The largest absolute Gasteiger partial charge is 0.488 e. The molecule has 3 N–H and O–H groups in total. The van der Waals surface area contributed by atoms with E-state index >= 15 is 0 Å². The number of nitrogens with two attached hydrogens (primary N) is 1. The summed E-state index contributed by atoms with van der Waals surface area (Å²) >= 11 is 0. The van der Waals surface area contributed by atoms with Gasteiger partial charge in [-0.15, -0.1) is 0 Å². The van der Waals surface area contributed by atoms with Crippen molar-refractivity contribution in [2.24, 2.45) is 0 Å². The zero-order valence-electron chi connectivity index (χ0n) is 13.8. The number of nitrogens with one attached hydrogen (secondary N) is 1. The van der Waals surface area contributed by atoms with Crippen molar-refractivity contribution >= 4 is 17.5 Å². The minimum atomic E-state index is 0.0669. The third-order valence-corrected chi connectivity index (χ3v) is 3.75. The summed E-state index contributed by atoms with van der Waals surface area (Å²) in [5.41, 5.74) is 8.12. The van der Waals surface area contributed by atoms with Crippen molar-refractivity contribution in [2.45, 2.75) is 6.61 Å². The number of aromatic amines is 1. The molecule has 126 valence electrons. The van der Waals surface area contributed by atoms with Crippen LogP contribution < -0.4 is 10.5 Å². The molecule has 6 heteroatoms. The van der Waals surface area contributed by atoms with Crippen LogP contribution in [0.25, 0.3) is 11.6 Å². The quantitative estimate of drug-likeness (QED) is 0.690. The Labute approximate surface area is 150 Å². The summed E-state index contributed by atoms with van der Waals surface area (Å²) in [4.78, 5) is 0. The number of hydrogen-bond acceptors (Lipinski definition) is 5. The van der Waals surface area contributed by atoms with Gasteiger partial charge in [-0.05, 0) is 17.7 Å². The zero-order chi connectivity index (χ0) is 18.4. The first kappa shape index (κ1) is 16.8. The second-order valence-corrected chi connectivity index (χ2v) is 5.45. The van der Waals surface area contributed by atoms with Crippen LogP contribution in [0.3, 0.4) is 0 Å². The normalized spacial score (nSPS) is 10.8. The lowest BCUT2D eigenvalue weighted by atomic mass is 10.1. The lowest BCUT2D eigenvalue weighted by molar-refractivity contribution is 0.305. The minimum Gasteiger partial charge on any atom is -0.488 e. The lowest BCUT2D eigenvalue weighted by Gasteiger charge is -2.09. The topological polar surface area (TPSA) is 112 Å². The molecule has 0 radical (unpaired) electrons. The van der Waals surface area contributed by atoms with E-state index in [2.05, 4.69) is 16.3 Å². The monoisotopic (exact) mass is 341 g/mol. The summed E-state index contributed by atoms with van der Waals surface area (Å²) in [7, 11) is 0. The molecule has 0 aliphatic carbocycles. The number of rotatable bonds is 5. The van der Waals surface area contributed by atoms with E-state index in [-0.39, 0.29) is 17.0 Å². The van der Waals surface area contributed by atoms with E-state index in [4.69, 9.17) is 10.5 Å². The summed E-state index contributed by atoms with van der Waals surface area (Å²) in [6.45, 7) is 0.411. The first-order valence-corrected chi connectivity index (χ1v) is 7.84. The third kappa shape index (κ3) is 3.55. The molecule has 3 rings (SSSR count). The Morgan fingerprint density at radius 1 is 1.12 bits per heavy atom. The number of benzene rings is 2. The van der Waals surface area contributed by atoms with Crippen LogP contribution in [0.15, 0.2) is 54.6 Å². The van der Waals surface area contributed by atoms with Crippen molar-refractivity contribution in [3.8, 4) is 17.9 Å². The van der Waals surface area contributed by atoms with Crippen LogP contribution >= 0.6 is 0 Å². The maximum absolute atomic E-state index is 9.51. The highest BCUT2D eigenvalue weighted by molar-refractivity contribution is 5.92. The molecule has 0 saturated carbocycles. The molecule has 1 aromatic heterocycles. The van der Waals surface area contributed by atoms with E-state index in [1.54, 1.807) is 6.08 Å². The molecule has 0 aliphatic heterocycles. The molecule has 0 spiro atoms. The van der Waals surface area contributed by atoms with E-state index in [9.17, 15) is 10.5 Å². The number of anilines is 1. The SMILES string of the molecule is N#C/C(=C\c1ccccc1OCc1ccccc1)c1[nH]nc(N)c1C#N. The molecule has 26 heavy (non-hydrogen) atoms. The number of hydrogen-bond donors (Lipinski definition) is 2. The third-order valence-electron chi connectivity index (χ3n) is 3.75. The van der Waals surface area contributed by atoms with Gasteiger partial charge >= 0.3 is 0 Å². The molecule has 0 unspecified atom stereocenters. The van der Waals surface area contributed by atoms with Crippen LogP contribution in [-0.4, -0.2) is 10.2 Å². The first-order chi connectivity index (χ1) is 12.7. The number of nitriles is 2. The number of nitrogens with zero attached hydrogens (tertiary/aromatic N) is 3. The predicted octanol–water partition coefficient (Wildman–Crippen LogP) is 3.51. The maximum atomic E-state index is 9.51. The summed E-state index contributed by atoms with van der Waals surface area (Å²) in [5, 5.41) is 25.2. The number of ether oxygens (including phenoxy) is 1. The molecule has 0 aliphatic rings. The number of para-hydroxylation sites is 1. The Balaban J connectivity index is 1.92. The number of aromatic nitrogens is 2. The molecular weight excluding hydrogens is 326 g/mol. The van der Waals surface area contributed by atoms with Crippen LogP contribution in [0.5, 0.6) is 5.75 Å². The van der Waals surface area contributed by atoms with Gasteiger partial charge in [0, 0.05) is 5.56 Å². The van der Waals surface area contributed by atoms with Crippen molar-refractivity contribution in [3.05, 3.63) is 77.0 Å². The molecule has 1 heterocycles. The Morgan fingerprint density at radius 3 is 2.58 bits per heavy atom. The maximum Gasteiger partial charge on any atom is 0.163 e. The van der Waals surface area contributed by atoms with Gasteiger partial charge in [0.05, 0.1) is 11.3 Å². The van der Waals surface area contributed by atoms with Gasteiger partial charge in [0.25, 0.3) is 0 Å². The molecular formula is C20H15N5O. The minimum absolute atomic E-state index is 0.0669. The first-order valence-electron chi connectivity index (χ1n) is 7.84. The summed E-state index contributed by atoms with van der Waals surface area (Å²) in [6, 6.07) is 21.2. The second kappa shape index (κ2) is 7.69. The van der Waals surface area contributed by atoms with Gasteiger partial charge in [0.2, 0.25) is 0 Å². The number of H-pyrrole nitrogens is 1. The average molecular weight is 341 g/mol. The zero-order valence-corrected chi connectivity index (χ0v) is 13.8. The van der Waals surface area contributed by atoms with Gasteiger partial charge in [-0.1, -0.05) is 48.5 Å². The van der Waals surface area contributed by atoms with E-state index in [1.807, 2.05) is 60.7 Å². The number of nitrogen functional groups attached to an aromatic ring is 1. The average Bonchev–Trinajstić information content (AvgIpc) is 3.06. The fourth-order valence-electron chi connectivity index (χ4n) is 2.45. The van der Waals surface area contributed by atoms with Gasteiger partial charge in [0.1, 0.15) is 30.1 Å². The van der Waals surface area contributed by atoms with Crippen LogP contribution in [0.1, 0.15) is 22.4 Å². The summed E-state index contributed by atoms with van der Waals surface area (Å²) in [6.07, 6.45) is 1.65. The molecule has 2 aromatic carbocycles. The van der Waals surface area contributed by atoms with Crippen molar-refractivity contribution < 1.29 is 4.74 Å². The van der Waals surface area contributed by atoms with Crippen LogP contribution in [0.2, 0.25) is 0 Å². The molecule has 0 bridgehead atoms. The van der Waals surface area contributed by atoms with E-state index in [1.165, 1.54) is 0 Å². The fraction of sp³-hybridized carbons (Fsp3) is 0.0500. The fourth-order valence-corrected chi connectivity index (χ4v) is 2.45. The highest BCUT2D eigenvalue weighted by atomic mass is 16.5. The number of allylic oxidation sites excluding steroid dienone is 1. The standard InChI is InChI=1S/C20H15N5O/c21-11-16(19-17(12-22)20(23)25-24-19)10-15-8-4-5-9-18(15)26-13-14-6-2-1-3-7-14/h1-10H,13H2,(H3,23,24,25)/b16-10+. The molecule has 0 saturated heterocycles. The van der Waals surface area contributed by atoms with Gasteiger partial charge < -0.3 is 10.5 Å². The highest BCUT2D eigenvalue weighted by Gasteiger charge is 2.15. The van der Waals surface area contributed by atoms with Gasteiger partial charge in [-0.3, -0.25) is 5.10 Å². The summed E-state index contributed by atoms with van der Waals surface area (Å²) in [5.74, 6) is 0.701. The Hall–Kier alpha value is -4.03. The molecule has 0 atom stereocenters. The van der Waals surface area contributed by atoms with E-state index in [0.29, 0.717) is 18.1 Å². The van der Waals surface area contributed by atoms with Gasteiger partial charge in [0.15, 0.2) is 5.82 Å². The summed E-state index contributed by atoms with van der Waals surface area (Å²) < 4.78 is 5.90. The Kier molecular flexibility index (Phi) is 4.98. The lowest BCUT2D eigenvalue weighted by Crippen LogP contribution is -1.97. The van der Waals surface area contributed by atoms with Crippen LogP contribution in [-0.2, 0) is 6.61 Å². The van der Waals surface area contributed by atoms with Crippen molar-refractivity contribution in [1.82, 2.24) is 10.2 Å². The van der Waals surface area contributed by atoms with Gasteiger partial charge in [-0.25, -0.2) is 0 Å². The van der Waals surface area contributed by atoms with E-state index in [0.717, 1.165) is 11.1 Å². The Bertz CT molecular complexity index is 1020. The van der Waals surface area contributed by atoms with Crippen molar-refractivity contribution in [2.75, 3.05) is 5.73 Å². The Morgan fingerprint density at radius 2 is 1.85 bits per heavy atom.